The number of nitrogens with one attached hydrogen (secondary N) is 1. The molecule has 20 heavy (non-hydrogen) atoms. The molecule has 2 aromatic heterocycles. The first-order valence-electron chi connectivity index (χ1n) is 7.00. The molecule has 0 spiro atoms. The summed E-state index contributed by atoms with van der Waals surface area (Å²) in [5.74, 6) is 0.585. The van der Waals surface area contributed by atoms with Crippen LogP contribution in [-0.4, -0.2) is 16.5 Å². The number of nitrogen functional groups attached to an aromatic ring is 1. The van der Waals surface area contributed by atoms with Gasteiger partial charge in [-0.1, -0.05) is 6.92 Å². The van der Waals surface area contributed by atoms with E-state index in [1.54, 1.807) is 6.20 Å². The molecule has 3 N–H and O–H groups in total. The van der Waals surface area contributed by atoms with Crippen molar-refractivity contribution in [3.05, 3.63) is 53.0 Å². The molecule has 2 rings (SSSR count). The van der Waals surface area contributed by atoms with Crippen LogP contribution in [0.15, 0.2) is 30.7 Å². The maximum atomic E-state index is 6.11. The van der Waals surface area contributed by atoms with Crippen LogP contribution >= 0.6 is 0 Å². The van der Waals surface area contributed by atoms with E-state index >= 15 is 0 Å². The van der Waals surface area contributed by atoms with Gasteiger partial charge in [0, 0.05) is 24.2 Å². The highest BCUT2D eigenvalue weighted by molar-refractivity contribution is 5.50. The minimum Gasteiger partial charge on any atom is -0.383 e. The number of pyridine rings is 2. The number of nitrogens with zero attached hydrogens (tertiary/aromatic N) is 2. The fraction of sp³-hybridized carbons (Fsp3) is 0.375. The quantitative estimate of drug-likeness (QED) is 0.877. The molecule has 0 saturated carbocycles. The summed E-state index contributed by atoms with van der Waals surface area (Å²) in [6.45, 7) is 7.24. The lowest BCUT2D eigenvalue weighted by Crippen LogP contribution is -2.26. The molecule has 4 heteroatoms. The lowest BCUT2D eigenvalue weighted by molar-refractivity contribution is 0.592. The highest BCUT2D eigenvalue weighted by Crippen LogP contribution is 2.29. The molecule has 1 atom stereocenters. The Morgan fingerprint density at radius 1 is 1.20 bits per heavy atom. The lowest BCUT2D eigenvalue weighted by Gasteiger charge is -2.23. The van der Waals surface area contributed by atoms with Gasteiger partial charge in [-0.2, -0.15) is 0 Å². The normalized spacial score (nSPS) is 12.3. The van der Waals surface area contributed by atoms with Gasteiger partial charge in [-0.25, -0.2) is 4.98 Å². The third-order valence-electron chi connectivity index (χ3n) is 3.52. The van der Waals surface area contributed by atoms with E-state index < -0.39 is 0 Å². The smallest absolute Gasteiger partial charge is 0.128 e. The second-order valence-electron chi connectivity index (χ2n) is 5.05. The van der Waals surface area contributed by atoms with Crippen LogP contribution in [0.3, 0.4) is 0 Å². The minimum absolute atomic E-state index is 0.0392. The van der Waals surface area contributed by atoms with Crippen molar-refractivity contribution in [3.63, 3.8) is 0 Å². The number of anilines is 1. The molecule has 2 aromatic rings. The molecule has 106 valence electrons. The molecular weight excluding hydrogens is 248 g/mol. The average molecular weight is 270 g/mol. The molecule has 2 heterocycles. The first kappa shape index (κ1) is 14.5. The van der Waals surface area contributed by atoms with Crippen molar-refractivity contribution in [2.45, 2.75) is 33.2 Å². The molecule has 0 aromatic carbocycles. The van der Waals surface area contributed by atoms with Gasteiger partial charge in [0.2, 0.25) is 0 Å². The Balaban J connectivity index is 2.50. The number of aryl methyl sites for hydroxylation is 2. The second-order valence-corrected chi connectivity index (χ2v) is 5.05. The van der Waals surface area contributed by atoms with E-state index in [0.29, 0.717) is 5.82 Å². The summed E-state index contributed by atoms with van der Waals surface area (Å²) < 4.78 is 0. The molecule has 4 nitrogen and oxygen atoms in total. The summed E-state index contributed by atoms with van der Waals surface area (Å²) in [5.41, 5.74) is 10.7. The van der Waals surface area contributed by atoms with Crippen molar-refractivity contribution in [2.75, 3.05) is 12.3 Å². The molecule has 0 aliphatic rings. The SMILES string of the molecule is CCCNC(c1cnccc1C)c1c(C)ccnc1N. The second kappa shape index (κ2) is 6.48. The van der Waals surface area contributed by atoms with E-state index in [2.05, 4.69) is 36.1 Å². The monoisotopic (exact) mass is 270 g/mol. The number of aromatic nitrogens is 2. The summed E-state index contributed by atoms with van der Waals surface area (Å²) in [6.07, 6.45) is 6.54. The van der Waals surface area contributed by atoms with E-state index in [1.807, 2.05) is 24.5 Å². The molecule has 0 saturated heterocycles. The summed E-state index contributed by atoms with van der Waals surface area (Å²) in [5, 5.41) is 3.56. The van der Waals surface area contributed by atoms with E-state index in [0.717, 1.165) is 29.7 Å². The first-order chi connectivity index (χ1) is 9.65. The van der Waals surface area contributed by atoms with E-state index in [1.165, 1.54) is 5.56 Å². The maximum absolute atomic E-state index is 6.11. The van der Waals surface area contributed by atoms with Crippen molar-refractivity contribution >= 4 is 5.82 Å². The fourth-order valence-corrected chi connectivity index (χ4v) is 2.40. The van der Waals surface area contributed by atoms with Crippen LogP contribution in [-0.2, 0) is 0 Å². The fourth-order valence-electron chi connectivity index (χ4n) is 2.40. The van der Waals surface area contributed by atoms with Crippen molar-refractivity contribution in [1.29, 1.82) is 0 Å². The van der Waals surface area contributed by atoms with Crippen LogP contribution in [0.5, 0.6) is 0 Å². The van der Waals surface area contributed by atoms with Crippen LogP contribution in [0, 0.1) is 13.8 Å². The summed E-state index contributed by atoms with van der Waals surface area (Å²) in [6, 6.07) is 4.06. The standard InChI is InChI=1S/C16H22N4/c1-4-7-19-15(13-10-18-8-5-11(13)2)14-12(3)6-9-20-16(14)17/h5-6,8-10,15,19H,4,7H2,1-3H3,(H2,17,20). The van der Waals surface area contributed by atoms with Crippen LogP contribution in [0.1, 0.15) is 41.6 Å². The van der Waals surface area contributed by atoms with Gasteiger partial charge in [-0.15, -0.1) is 0 Å². The topological polar surface area (TPSA) is 63.8 Å². The number of nitrogens with two attached hydrogens (primary N) is 1. The minimum atomic E-state index is 0.0392. The zero-order valence-electron chi connectivity index (χ0n) is 12.4. The molecule has 0 fully saturated rings. The summed E-state index contributed by atoms with van der Waals surface area (Å²) in [7, 11) is 0. The number of hydrogen-bond acceptors (Lipinski definition) is 4. The molecule has 0 aliphatic heterocycles. The molecule has 0 amide bonds. The first-order valence-corrected chi connectivity index (χ1v) is 7.00. The predicted octanol–water partition coefficient (Wildman–Crippen LogP) is 2.76. The Hall–Kier alpha value is -1.94. The Morgan fingerprint density at radius 3 is 2.60 bits per heavy atom. The third kappa shape index (κ3) is 2.96. The van der Waals surface area contributed by atoms with Crippen LogP contribution in [0.25, 0.3) is 0 Å². The van der Waals surface area contributed by atoms with Crippen molar-refractivity contribution in [1.82, 2.24) is 15.3 Å². The average Bonchev–Trinajstić information content (AvgIpc) is 2.43. The molecule has 0 radical (unpaired) electrons. The van der Waals surface area contributed by atoms with E-state index in [-0.39, 0.29) is 6.04 Å². The van der Waals surface area contributed by atoms with Crippen molar-refractivity contribution in [2.24, 2.45) is 0 Å². The molecular formula is C16H22N4. The number of hydrogen-bond donors (Lipinski definition) is 2. The van der Waals surface area contributed by atoms with Gasteiger partial charge in [-0.05, 0) is 55.6 Å². The van der Waals surface area contributed by atoms with Crippen molar-refractivity contribution < 1.29 is 0 Å². The van der Waals surface area contributed by atoms with Gasteiger partial charge in [0.05, 0.1) is 6.04 Å². The molecule has 0 aliphatic carbocycles. The molecule has 1 unspecified atom stereocenters. The van der Waals surface area contributed by atoms with Gasteiger partial charge in [0.15, 0.2) is 0 Å². The highest BCUT2D eigenvalue weighted by Gasteiger charge is 2.20. The van der Waals surface area contributed by atoms with E-state index in [4.69, 9.17) is 5.73 Å². The van der Waals surface area contributed by atoms with E-state index in [9.17, 15) is 0 Å². The number of rotatable bonds is 5. The summed E-state index contributed by atoms with van der Waals surface area (Å²) in [4.78, 5) is 8.50. The van der Waals surface area contributed by atoms with Crippen LogP contribution < -0.4 is 11.1 Å². The van der Waals surface area contributed by atoms with Gasteiger partial charge in [-0.3, -0.25) is 4.98 Å². The Bertz CT molecular complexity index is 560. The maximum Gasteiger partial charge on any atom is 0.128 e. The van der Waals surface area contributed by atoms with Crippen molar-refractivity contribution in [3.8, 4) is 0 Å². The third-order valence-corrected chi connectivity index (χ3v) is 3.52. The van der Waals surface area contributed by atoms with Crippen LogP contribution in [0.4, 0.5) is 5.82 Å². The lowest BCUT2D eigenvalue weighted by atomic mass is 9.94. The van der Waals surface area contributed by atoms with Gasteiger partial charge in [0.25, 0.3) is 0 Å². The van der Waals surface area contributed by atoms with Crippen LogP contribution in [0.2, 0.25) is 0 Å². The van der Waals surface area contributed by atoms with Gasteiger partial charge < -0.3 is 11.1 Å². The molecule has 0 bridgehead atoms. The van der Waals surface area contributed by atoms with Gasteiger partial charge >= 0.3 is 0 Å². The van der Waals surface area contributed by atoms with Gasteiger partial charge in [0.1, 0.15) is 5.82 Å². The predicted molar refractivity (Wildman–Crippen MR) is 82.5 cm³/mol. The highest BCUT2D eigenvalue weighted by atomic mass is 14.9. The summed E-state index contributed by atoms with van der Waals surface area (Å²) >= 11 is 0. The largest absolute Gasteiger partial charge is 0.383 e. The Kier molecular flexibility index (Phi) is 4.69. The Morgan fingerprint density at radius 2 is 1.95 bits per heavy atom. The Labute approximate surface area is 120 Å². The zero-order valence-corrected chi connectivity index (χ0v) is 12.4. The zero-order chi connectivity index (χ0) is 14.5.